The molecule has 0 radical (unpaired) electrons. The van der Waals surface area contributed by atoms with E-state index >= 15 is 0 Å². The summed E-state index contributed by atoms with van der Waals surface area (Å²) >= 11 is 0. The van der Waals surface area contributed by atoms with Gasteiger partial charge in [0.25, 0.3) is 10.0 Å². The molecule has 0 heterocycles. The fourth-order valence-corrected chi connectivity index (χ4v) is 4.69. The maximum Gasteiger partial charge on any atom is 0.264 e. The Labute approximate surface area is 189 Å². The summed E-state index contributed by atoms with van der Waals surface area (Å²) in [5.74, 6) is 0.246. The van der Waals surface area contributed by atoms with E-state index in [0.29, 0.717) is 18.0 Å². The van der Waals surface area contributed by atoms with Gasteiger partial charge in [-0.25, -0.2) is 8.42 Å². The second-order valence-corrected chi connectivity index (χ2v) is 9.32. The molecule has 0 fully saturated rings. The summed E-state index contributed by atoms with van der Waals surface area (Å²) in [5, 5.41) is 2.84. The predicted molar refractivity (Wildman–Crippen MR) is 126 cm³/mol. The van der Waals surface area contributed by atoms with Crippen molar-refractivity contribution in [2.24, 2.45) is 0 Å². The van der Waals surface area contributed by atoms with Crippen LogP contribution in [0.4, 0.5) is 5.69 Å². The third-order valence-corrected chi connectivity index (χ3v) is 6.85. The largest absolute Gasteiger partial charge is 0.497 e. The van der Waals surface area contributed by atoms with Crippen LogP contribution in [-0.2, 0) is 21.2 Å². The Morgan fingerprint density at radius 2 is 1.59 bits per heavy atom. The van der Waals surface area contributed by atoms with Crippen LogP contribution in [0.25, 0.3) is 0 Å². The molecule has 1 amide bonds. The van der Waals surface area contributed by atoms with Gasteiger partial charge in [0.2, 0.25) is 5.91 Å². The van der Waals surface area contributed by atoms with E-state index in [9.17, 15) is 13.2 Å². The van der Waals surface area contributed by atoms with E-state index in [1.54, 1.807) is 42.5 Å². The minimum Gasteiger partial charge on any atom is -0.497 e. The molecule has 3 aromatic rings. The topological polar surface area (TPSA) is 75.7 Å². The summed E-state index contributed by atoms with van der Waals surface area (Å²) in [4.78, 5) is 12.8. The van der Waals surface area contributed by atoms with Gasteiger partial charge in [0.1, 0.15) is 12.3 Å². The van der Waals surface area contributed by atoms with Crippen molar-refractivity contribution < 1.29 is 17.9 Å². The predicted octanol–water partition coefficient (Wildman–Crippen LogP) is 3.95. The molecule has 6 nitrogen and oxygen atoms in total. The summed E-state index contributed by atoms with van der Waals surface area (Å²) in [7, 11) is -2.38. The highest BCUT2D eigenvalue weighted by Crippen LogP contribution is 2.25. The normalized spacial score (nSPS) is 11.1. The van der Waals surface area contributed by atoms with Crippen molar-refractivity contribution >= 4 is 21.6 Å². The average Bonchev–Trinajstić information content (AvgIpc) is 2.82. The zero-order chi connectivity index (χ0) is 23.0. The molecule has 1 N–H and O–H groups in total. The first kappa shape index (κ1) is 23.3. The number of aryl methyl sites for hydroxylation is 2. The highest BCUT2D eigenvalue weighted by Gasteiger charge is 2.27. The number of amides is 1. The molecule has 0 unspecified atom stereocenters. The molecule has 3 rings (SSSR count). The zero-order valence-electron chi connectivity index (χ0n) is 18.3. The summed E-state index contributed by atoms with van der Waals surface area (Å²) < 4.78 is 32.8. The standard InChI is InChI=1S/C25H28N2O4S/c1-20-10-12-21(13-11-20)7-6-18-26-25(28)19-27(22-14-16-23(31-2)17-15-22)32(29,30)24-8-4-3-5-9-24/h3-5,8-17H,6-7,18-19H2,1-2H3,(H,26,28). The molecule has 0 aliphatic rings. The lowest BCUT2D eigenvalue weighted by Gasteiger charge is -2.24. The number of nitrogens with one attached hydrogen (secondary N) is 1. The van der Waals surface area contributed by atoms with Gasteiger partial charge in [-0.3, -0.25) is 9.10 Å². The monoisotopic (exact) mass is 452 g/mol. The van der Waals surface area contributed by atoms with Gasteiger partial charge in [-0.05, 0) is 61.7 Å². The molecule has 0 aliphatic heterocycles. The van der Waals surface area contributed by atoms with Crippen molar-refractivity contribution in [1.82, 2.24) is 5.32 Å². The van der Waals surface area contributed by atoms with Crippen LogP contribution in [-0.4, -0.2) is 34.5 Å². The number of carbonyl (C=O) groups is 1. The first-order valence-corrected chi connectivity index (χ1v) is 11.9. The van der Waals surface area contributed by atoms with Crippen molar-refractivity contribution in [3.05, 3.63) is 90.0 Å². The quantitative estimate of drug-likeness (QED) is 0.473. The number of hydrogen-bond donors (Lipinski definition) is 1. The Morgan fingerprint density at radius 1 is 0.938 bits per heavy atom. The van der Waals surface area contributed by atoms with E-state index in [-0.39, 0.29) is 17.3 Å². The molecule has 0 atom stereocenters. The lowest BCUT2D eigenvalue weighted by Crippen LogP contribution is -2.41. The van der Waals surface area contributed by atoms with Gasteiger partial charge in [-0.2, -0.15) is 0 Å². The van der Waals surface area contributed by atoms with Crippen molar-refractivity contribution in [2.45, 2.75) is 24.7 Å². The third-order valence-electron chi connectivity index (χ3n) is 5.06. The van der Waals surface area contributed by atoms with Gasteiger partial charge in [-0.1, -0.05) is 48.0 Å². The number of benzene rings is 3. The van der Waals surface area contributed by atoms with Crippen LogP contribution < -0.4 is 14.4 Å². The minimum absolute atomic E-state index is 0.128. The molecule has 168 valence electrons. The fraction of sp³-hybridized carbons (Fsp3) is 0.240. The highest BCUT2D eigenvalue weighted by molar-refractivity contribution is 7.92. The number of ether oxygens (including phenoxy) is 1. The van der Waals surface area contributed by atoms with Gasteiger partial charge in [-0.15, -0.1) is 0 Å². The van der Waals surface area contributed by atoms with Gasteiger partial charge in [0.05, 0.1) is 17.7 Å². The molecule has 0 saturated heterocycles. The van der Waals surface area contributed by atoms with Gasteiger partial charge in [0, 0.05) is 6.54 Å². The lowest BCUT2D eigenvalue weighted by molar-refractivity contribution is -0.119. The number of methoxy groups -OCH3 is 1. The molecule has 0 aliphatic carbocycles. The van der Waals surface area contributed by atoms with Crippen molar-refractivity contribution in [3.8, 4) is 5.75 Å². The molecule has 32 heavy (non-hydrogen) atoms. The van der Waals surface area contributed by atoms with Crippen LogP contribution in [0.2, 0.25) is 0 Å². The number of anilines is 1. The number of carbonyl (C=O) groups excluding carboxylic acids is 1. The van der Waals surface area contributed by atoms with E-state index in [4.69, 9.17) is 4.74 Å². The summed E-state index contributed by atoms with van der Waals surface area (Å²) in [5.41, 5.74) is 2.81. The molecule has 0 aromatic heterocycles. The first-order chi connectivity index (χ1) is 15.4. The van der Waals surface area contributed by atoms with Crippen LogP contribution in [0.5, 0.6) is 5.75 Å². The molecule has 7 heteroatoms. The lowest BCUT2D eigenvalue weighted by atomic mass is 10.1. The van der Waals surface area contributed by atoms with Crippen LogP contribution in [0, 0.1) is 6.92 Å². The molecular weight excluding hydrogens is 424 g/mol. The van der Waals surface area contributed by atoms with Crippen molar-refractivity contribution in [3.63, 3.8) is 0 Å². The Balaban J connectivity index is 1.69. The second kappa shape index (κ2) is 10.8. The summed E-state index contributed by atoms with van der Waals surface area (Å²) in [6.07, 6.45) is 1.61. The number of rotatable bonds is 10. The van der Waals surface area contributed by atoms with E-state index in [1.165, 1.54) is 30.4 Å². The van der Waals surface area contributed by atoms with E-state index in [1.807, 2.05) is 6.92 Å². The summed E-state index contributed by atoms with van der Waals surface area (Å²) in [6.45, 7) is 2.20. The molecule has 0 bridgehead atoms. The summed E-state index contributed by atoms with van der Waals surface area (Å²) in [6, 6.07) is 23.0. The van der Waals surface area contributed by atoms with Gasteiger partial charge in [0.15, 0.2) is 0 Å². The molecule has 3 aromatic carbocycles. The molecular formula is C25H28N2O4S. The maximum atomic E-state index is 13.3. The Morgan fingerprint density at radius 3 is 2.22 bits per heavy atom. The van der Waals surface area contributed by atoms with Gasteiger partial charge >= 0.3 is 0 Å². The number of nitrogens with zero attached hydrogens (tertiary/aromatic N) is 1. The van der Waals surface area contributed by atoms with Crippen molar-refractivity contribution in [1.29, 1.82) is 0 Å². The molecule has 0 spiro atoms. The first-order valence-electron chi connectivity index (χ1n) is 10.4. The highest BCUT2D eigenvalue weighted by atomic mass is 32.2. The SMILES string of the molecule is COc1ccc(N(CC(=O)NCCCc2ccc(C)cc2)S(=O)(=O)c2ccccc2)cc1. The van der Waals surface area contributed by atoms with E-state index in [2.05, 4.69) is 29.6 Å². The van der Waals surface area contributed by atoms with Crippen LogP contribution in [0.3, 0.4) is 0 Å². The van der Waals surface area contributed by atoms with E-state index in [0.717, 1.165) is 17.1 Å². The third kappa shape index (κ3) is 6.11. The number of hydrogen-bond acceptors (Lipinski definition) is 4. The van der Waals surface area contributed by atoms with Crippen LogP contribution in [0.15, 0.2) is 83.8 Å². The Hall–Kier alpha value is -3.32. The fourth-order valence-electron chi connectivity index (χ4n) is 3.24. The zero-order valence-corrected chi connectivity index (χ0v) is 19.1. The van der Waals surface area contributed by atoms with Gasteiger partial charge < -0.3 is 10.1 Å². The minimum atomic E-state index is -3.91. The molecule has 0 saturated carbocycles. The average molecular weight is 453 g/mol. The second-order valence-electron chi connectivity index (χ2n) is 7.46. The van der Waals surface area contributed by atoms with Crippen molar-refractivity contribution in [2.75, 3.05) is 24.5 Å². The smallest absolute Gasteiger partial charge is 0.264 e. The number of sulfonamides is 1. The Bertz CT molecular complexity index is 1110. The van der Waals surface area contributed by atoms with Crippen LogP contribution in [0.1, 0.15) is 17.5 Å². The van der Waals surface area contributed by atoms with E-state index < -0.39 is 10.0 Å². The van der Waals surface area contributed by atoms with Crippen LogP contribution >= 0.6 is 0 Å². The maximum absolute atomic E-state index is 13.3. The Kier molecular flexibility index (Phi) is 7.89.